The van der Waals surface area contributed by atoms with E-state index in [1.54, 1.807) is 0 Å². The Bertz CT molecular complexity index is 918. The van der Waals surface area contributed by atoms with Gasteiger partial charge in [-0.05, 0) is 35.1 Å². The summed E-state index contributed by atoms with van der Waals surface area (Å²) in [4.78, 5) is 0. The highest BCUT2D eigenvalue weighted by atomic mass is 16.5. The summed E-state index contributed by atoms with van der Waals surface area (Å²) in [6.07, 6.45) is 3.81. The van der Waals surface area contributed by atoms with E-state index in [-0.39, 0.29) is 0 Å². The van der Waals surface area contributed by atoms with Crippen LogP contribution in [0.3, 0.4) is 0 Å². The summed E-state index contributed by atoms with van der Waals surface area (Å²) in [5.41, 5.74) is 3.66. The third-order valence-corrected chi connectivity index (χ3v) is 6.51. The van der Waals surface area contributed by atoms with Crippen molar-refractivity contribution in [2.24, 2.45) is 0 Å². The number of hydrogen-bond acceptors (Lipinski definition) is 1. The molecule has 1 heteroatoms. The largest absolute Gasteiger partial charge is 0.350 e. The van der Waals surface area contributed by atoms with E-state index in [2.05, 4.69) is 135 Å². The number of hydrogen-bond donors (Lipinski definition) is 0. The summed E-state index contributed by atoms with van der Waals surface area (Å²) in [6, 6.07) is 43.1. The molecule has 168 valence electrons. The van der Waals surface area contributed by atoms with E-state index in [1.165, 1.54) is 22.3 Å². The van der Waals surface area contributed by atoms with Gasteiger partial charge in [-0.25, -0.2) is 0 Å². The van der Waals surface area contributed by atoms with Gasteiger partial charge in [0.1, 0.15) is 11.2 Å². The molecule has 0 aliphatic carbocycles. The maximum absolute atomic E-state index is 7.65. The second-order valence-corrected chi connectivity index (χ2v) is 8.72. The molecule has 4 aromatic rings. The van der Waals surface area contributed by atoms with Crippen LogP contribution in [0.25, 0.3) is 0 Å². The van der Waals surface area contributed by atoms with Gasteiger partial charge in [0.15, 0.2) is 0 Å². The standard InChI is InChI=1S/C32H34O/c1-3-25-31(27-17-9-5-10-18-27,28-19-11-6-12-20-28)33-32(26-4-2,29-21-13-7-14-22-29)30-23-15-8-16-24-30/h5-24H,3-4,25-26H2,1-2H3. The smallest absolute Gasteiger partial charge is 0.120 e. The fraction of sp³-hybridized carbons (Fsp3) is 0.250. The molecule has 0 heterocycles. The summed E-state index contributed by atoms with van der Waals surface area (Å²) >= 11 is 0. The molecule has 0 aromatic heterocycles. The fourth-order valence-corrected chi connectivity index (χ4v) is 5.08. The Kier molecular flexibility index (Phi) is 7.42. The van der Waals surface area contributed by atoms with Gasteiger partial charge >= 0.3 is 0 Å². The molecule has 0 amide bonds. The van der Waals surface area contributed by atoms with Gasteiger partial charge in [0.05, 0.1) is 0 Å². The van der Waals surface area contributed by atoms with Crippen molar-refractivity contribution < 1.29 is 4.74 Å². The monoisotopic (exact) mass is 434 g/mol. The van der Waals surface area contributed by atoms with Crippen molar-refractivity contribution in [3.63, 3.8) is 0 Å². The first kappa shape index (κ1) is 23.0. The molecule has 1 nitrogen and oxygen atoms in total. The first-order valence-corrected chi connectivity index (χ1v) is 12.2. The quantitative estimate of drug-likeness (QED) is 0.243. The highest BCUT2D eigenvalue weighted by Gasteiger charge is 2.45. The van der Waals surface area contributed by atoms with Crippen molar-refractivity contribution in [2.45, 2.75) is 50.7 Å². The summed E-state index contributed by atoms with van der Waals surface area (Å²) in [6.45, 7) is 4.49. The molecule has 0 radical (unpaired) electrons. The van der Waals surface area contributed by atoms with Gasteiger partial charge in [-0.1, -0.05) is 148 Å². The van der Waals surface area contributed by atoms with Gasteiger partial charge in [0.25, 0.3) is 0 Å². The van der Waals surface area contributed by atoms with E-state index in [4.69, 9.17) is 4.74 Å². The van der Waals surface area contributed by atoms with Crippen LogP contribution in [0.5, 0.6) is 0 Å². The molecule has 0 N–H and O–H groups in total. The SMILES string of the molecule is CCCC(OC(CCC)(c1ccccc1)c1ccccc1)(c1ccccc1)c1ccccc1. The van der Waals surface area contributed by atoms with Crippen LogP contribution in [0.4, 0.5) is 0 Å². The predicted octanol–water partition coefficient (Wildman–Crippen LogP) is 8.49. The second kappa shape index (κ2) is 10.6. The molecule has 0 spiro atoms. The minimum absolute atomic E-state index is 0.571. The van der Waals surface area contributed by atoms with Crippen molar-refractivity contribution in [3.8, 4) is 0 Å². The first-order valence-electron chi connectivity index (χ1n) is 12.2. The zero-order valence-electron chi connectivity index (χ0n) is 19.8. The summed E-state index contributed by atoms with van der Waals surface area (Å²) in [5.74, 6) is 0. The molecule has 0 unspecified atom stereocenters. The molecule has 0 saturated heterocycles. The van der Waals surface area contributed by atoms with E-state index in [1.807, 2.05) is 0 Å². The van der Waals surface area contributed by atoms with Crippen LogP contribution in [0.2, 0.25) is 0 Å². The maximum atomic E-state index is 7.65. The summed E-state index contributed by atoms with van der Waals surface area (Å²) in [5, 5.41) is 0. The molecule has 0 aliphatic rings. The van der Waals surface area contributed by atoms with E-state index in [9.17, 15) is 0 Å². The Balaban J connectivity index is 2.01. The molecule has 0 atom stereocenters. The highest BCUT2D eigenvalue weighted by Crippen LogP contribution is 2.48. The van der Waals surface area contributed by atoms with Crippen molar-refractivity contribution in [2.75, 3.05) is 0 Å². The van der Waals surface area contributed by atoms with Crippen LogP contribution in [0.15, 0.2) is 121 Å². The minimum atomic E-state index is -0.571. The van der Waals surface area contributed by atoms with Gasteiger partial charge in [-0.15, -0.1) is 0 Å². The van der Waals surface area contributed by atoms with E-state index in [0.717, 1.165) is 25.7 Å². The van der Waals surface area contributed by atoms with E-state index < -0.39 is 11.2 Å². The van der Waals surface area contributed by atoms with Crippen LogP contribution in [-0.4, -0.2) is 0 Å². The fourth-order valence-electron chi connectivity index (χ4n) is 5.08. The second-order valence-electron chi connectivity index (χ2n) is 8.72. The zero-order valence-corrected chi connectivity index (χ0v) is 19.8. The van der Waals surface area contributed by atoms with Crippen LogP contribution < -0.4 is 0 Å². The lowest BCUT2D eigenvalue weighted by Gasteiger charge is -2.46. The van der Waals surface area contributed by atoms with Gasteiger partial charge in [0, 0.05) is 0 Å². The molecule has 33 heavy (non-hydrogen) atoms. The molecular weight excluding hydrogens is 400 g/mol. The van der Waals surface area contributed by atoms with E-state index in [0.29, 0.717) is 0 Å². The third-order valence-electron chi connectivity index (χ3n) is 6.51. The normalized spacial score (nSPS) is 11.9. The topological polar surface area (TPSA) is 9.23 Å². The van der Waals surface area contributed by atoms with Crippen LogP contribution >= 0.6 is 0 Å². The van der Waals surface area contributed by atoms with E-state index >= 15 is 0 Å². The van der Waals surface area contributed by atoms with Crippen molar-refractivity contribution in [1.82, 2.24) is 0 Å². The van der Waals surface area contributed by atoms with Crippen LogP contribution in [0.1, 0.15) is 61.8 Å². The first-order chi connectivity index (χ1) is 16.2. The number of ether oxygens (including phenoxy) is 1. The predicted molar refractivity (Wildman–Crippen MR) is 138 cm³/mol. The molecule has 0 fully saturated rings. The van der Waals surface area contributed by atoms with Crippen LogP contribution in [0, 0.1) is 0 Å². The minimum Gasteiger partial charge on any atom is -0.350 e. The molecule has 0 saturated carbocycles. The van der Waals surface area contributed by atoms with Crippen molar-refractivity contribution >= 4 is 0 Å². The molecule has 4 aromatic carbocycles. The Morgan fingerprint density at radius 1 is 0.424 bits per heavy atom. The Morgan fingerprint density at radius 3 is 0.879 bits per heavy atom. The van der Waals surface area contributed by atoms with Crippen molar-refractivity contribution in [1.29, 1.82) is 0 Å². The molecule has 0 bridgehead atoms. The molecule has 4 rings (SSSR count). The highest BCUT2D eigenvalue weighted by molar-refractivity contribution is 5.41. The van der Waals surface area contributed by atoms with Gasteiger partial charge in [-0.3, -0.25) is 0 Å². The summed E-state index contributed by atoms with van der Waals surface area (Å²) < 4.78 is 7.65. The van der Waals surface area contributed by atoms with Gasteiger partial charge < -0.3 is 4.74 Å². The average Bonchev–Trinajstić information content (AvgIpc) is 2.90. The van der Waals surface area contributed by atoms with Gasteiger partial charge in [-0.2, -0.15) is 0 Å². The van der Waals surface area contributed by atoms with Crippen molar-refractivity contribution in [3.05, 3.63) is 144 Å². The Morgan fingerprint density at radius 2 is 0.667 bits per heavy atom. The molecular formula is C32H34O. The Hall–Kier alpha value is -3.16. The lowest BCUT2D eigenvalue weighted by Crippen LogP contribution is -2.43. The number of benzene rings is 4. The zero-order chi connectivity index (χ0) is 23.0. The number of rotatable bonds is 10. The van der Waals surface area contributed by atoms with Crippen LogP contribution in [-0.2, 0) is 15.9 Å². The molecule has 0 aliphatic heterocycles. The third kappa shape index (κ3) is 4.65. The maximum Gasteiger partial charge on any atom is 0.120 e. The lowest BCUT2D eigenvalue weighted by molar-refractivity contribution is -0.134. The lowest BCUT2D eigenvalue weighted by atomic mass is 9.77. The van der Waals surface area contributed by atoms with Gasteiger partial charge in [0.2, 0.25) is 0 Å². The Labute approximate surface area is 199 Å². The average molecular weight is 435 g/mol. The summed E-state index contributed by atoms with van der Waals surface area (Å²) in [7, 11) is 0.